The number of nitrogens with two attached hydrogens (primary N) is 1. The lowest BCUT2D eigenvalue weighted by molar-refractivity contribution is 0.0737. The Hall–Kier alpha value is -1.65. The SMILES string of the molecule is Nc1cc(C(=O)N2CCCCCCC2)c(F)cc1F. The molecule has 2 N–H and O–H groups in total. The third kappa shape index (κ3) is 3.22. The molecule has 104 valence electrons. The number of carbonyl (C=O) groups excluding carboxylic acids is 1. The van der Waals surface area contributed by atoms with Crippen molar-refractivity contribution in [2.75, 3.05) is 18.8 Å². The number of hydrogen-bond acceptors (Lipinski definition) is 2. The van der Waals surface area contributed by atoms with Gasteiger partial charge in [-0.05, 0) is 18.9 Å². The van der Waals surface area contributed by atoms with Gasteiger partial charge in [0.2, 0.25) is 0 Å². The molecule has 0 aromatic heterocycles. The molecule has 1 fully saturated rings. The molecule has 0 atom stereocenters. The second-order valence-corrected chi connectivity index (χ2v) is 4.91. The van der Waals surface area contributed by atoms with E-state index in [1.54, 1.807) is 4.90 Å². The molecule has 0 unspecified atom stereocenters. The first kappa shape index (κ1) is 13.8. The third-order valence-corrected chi connectivity index (χ3v) is 3.46. The summed E-state index contributed by atoms with van der Waals surface area (Å²) in [5, 5.41) is 0. The quantitative estimate of drug-likeness (QED) is 0.796. The van der Waals surface area contributed by atoms with Crippen LogP contribution in [0.5, 0.6) is 0 Å². The molecule has 1 aliphatic heterocycles. The highest BCUT2D eigenvalue weighted by atomic mass is 19.1. The van der Waals surface area contributed by atoms with Crippen LogP contribution in [0.1, 0.15) is 42.5 Å². The lowest BCUT2D eigenvalue weighted by Crippen LogP contribution is -2.34. The maximum Gasteiger partial charge on any atom is 0.256 e. The first-order valence-electron chi connectivity index (χ1n) is 6.63. The molecule has 0 radical (unpaired) electrons. The summed E-state index contributed by atoms with van der Waals surface area (Å²) in [6.07, 6.45) is 5.18. The van der Waals surface area contributed by atoms with Gasteiger partial charge in [-0.2, -0.15) is 0 Å². The van der Waals surface area contributed by atoms with Crippen LogP contribution in [0.25, 0.3) is 0 Å². The molecule has 5 heteroatoms. The molecular formula is C14H18F2N2O. The van der Waals surface area contributed by atoms with Crippen molar-refractivity contribution >= 4 is 11.6 Å². The summed E-state index contributed by atoms with van der Waals surface area (Å²) < 4.78 is 26.8. The summed E-state index contributed by atoms with van der Waals surface area (Å²) in [4.78, 5) is 13.9. The Kier molecular flexibility index (Phi) is 4.35. The van der Waals surface area contributed by atoms with E-state index >= 15 is 0 Å². The molecular weight excluding hydrogens is 250 g/mol. The molecule has 2 rings (SSSR count). The Labute approximate surface area is 111 Å². The minimum absolute atomic E-state index is 0.139. The number of anilines is 1. The van der Waals surface area contributed by atoms with Crippen LogP contribution in [-0.2, 0) is 0 Å². The lowest BCUT2D eigenvalue weighted by atomic mass is 10.1. The summed E-state index contributed by atoms with van der Waals surface area (Å²) in [6.45, 7) is 1.24. The average Bonchev–Trinajstić information content (AvgIpc) is 2.32. The summed E-state index contributed by atoms with van der Waals surface area (Å²) in [7, 11) is 0. The number of halogens is 2. The molecule has 1 aromatic carbocycles. The predicted octanol–water partition coefficient (Wildman–Crippen LogP) is 2.95. The minimum Gasteiger partial charge on any atom is -0.396 e. The Morgan fingerprint density at radius 2 is 1.58 bits per heavy atom. The number of hydrogen-bond donors (Lipinski definition) is 1. The predicted molar refractivity (Wildman–Crippen MR) is 69.8 cm³/mol. The molecule has 0 saturated carbocycles. The number of nitrogen functional groups attached to an aromatic ring is 1. The van der Waals surface area contributed by atoms with Crippen molar-refractivity contribution in [2.24, 2.45) is 0 Å². The topological polar surface area (TPSA) is 46.3 Å². The van der Waals surface area contributed by atoms with Crippen LogP contribution in [0.4, 0.5) is 14.5 Å². The zero-order valence-corrected chi connectivity index (χ0v) is 10.8. The highest BCUT2D eigenvalue weighted by Gasteiger charge is 2.21. The molecule has 19 heavy (non-hydrogen) atoms. The molecule has 1 aromatic rings. The highest BCUT2D eigenvalue weighted by Crippen LogP contribution is 2.20. The molecule has 1 amide bonds. The Morgan fingerprint density at radius 1 is 1.00 bits per heavy atom. The first-order chi connectivity index (χ1) is 9.09. The largest absolute Gasteiger partial charge is 0.396 e. The van der Waals surface area contributed by atoms with Crippen molar-refractivity contribution in [1.29, 1.82) is 0 Å². The van der Waals surface area contributed by atoms with Crippen LogP contribution >= 0.6 is 0 Å². The van der Waals surface area contributed by atoms with E-state index in [0.717, 1.165) is 31.7 Å². The third-order valence-electron chi connectivity index (χ3n) is 3.46. The van der Waals surface area contributed by atoms with E-state index in [4.69, 9.17) is 5.73 Å². The zero-order chi connectivity index (χ0) is 13.8. The van der Waals surface area contributed by atoms with Crippen molar-refractivity contribution in [3.8, 4) is 0 Å². The fraction of sp³-hybridized carbons (Fsp3) is 0.500. The van der Waals surface area contributed by atoms with E-state index in [1.807, 2.05) is 0 Å². The average molecular weight is 268 g/mol. The number of carbonyl (C=O) groups is 1. The van der Waals surface area contributed by atoms with Crippen molar-refractivity contribution < 1.29 is 13.6 Å². The van der Waals surface area contributed by atoms with Gasteiger partial charge in [0, 0.05) is 19.2 Å². The highest BCUT2D eigenvalue weighted by molar-refractivity contribution is 5.95. The van der Waals surface area contributed by atoms with E-state index in [0.29, 0.717) is 19.2 Å². The maximum atomic E-state index is 13.7. The second-order valence-electron chi connectivity index (χ2n) is 4.91. The van der Waals surface area contributed by atoms with E-state index < -0.39 is 17.5 Å². The number of amides is 1. The standard InChI is InChI=1S/C14H18F2N2O/c15-11-9-12(16)13(17)8-10(11)14(19)18-6-4-2-1-3-5-7-18/h8-9H,1-7,17H2. The fourth-order valence-corrected chi connectivity index (χ4v) is 2.35. The zero-order valence-electron chi connectivity index (χ0n) is 10.8. The van der Waals surface area contributed by atoms with Crippen LogP contribution in [0, 0.1) is 11.6 Å². The van der Waals surface area contributed by atoms with E-state index in [9.17, 15) is 13.6 Å². The van der Waals surface area contributed by atoms with Crippen LogP contribution < -0.4 is 5.73 Å². The number of nitrogens with zero attached hydrogens (tertiary/aromatic N) is 1. The Morgan fingerprint density at radius 3 is 2.21 bits per heavy atom. The normalized spacial score (nSPS) is 16.8. The van der Waals surface area contributed by atoms with Gasteiger partial charge in [0.25, 0.3) is 5.91 Å². The molecule has 1 saturated heterocycles. The molecule has 0 bridgehead atoms. The number of benzene rings is 1. The van der Waals surface area contributed by atoms with Gasteiger partial charge < -0.3 is 10.6 Å². The fourth-order valence-electron chi connectivity index (χ4n) is 2.35. The lowest BCUT2D eigenvalue weighted by Gasteiger charge is -2.25. The number of rotatable bonds is 1. The van der Waals surface area contributed by atoms with Crippen LogP contribution in [0.2, 0.25) is 0 Å². The van der Waals surface area contributed by atoms with Gasteiger partial charge in [0.15, 0.2) is 0 Å². The van der Waals surface area contributed by atoms with Crippen LogP contribution in [0.3, 0.4) is 0 Å². The molecule has 0 spiro atoms. The van der Waals surface area contributed by atoms with Crippen molar-refractivity contribution in [2.45, 2.75) is 32.1 Å². The monoisotopic (exact) mass is 268 g/mol. The summed E-state index contributed by atoms with van der Waals surface area (Å²) in [6, 6.07) is 1.76. The van der Waals surface area contributed by atoms with Crippen molar-refractivity contribution in [3.05, 3.63) is 29.3 Å². The van der Waals surface area contributed by atoms with E-state index in [2.05, 4.69) is 0 Å². The summed E-state index contributed by atoms with van der Waals surface area (Å²) in [5.41, 5.74) is 5.06. The Bertz CT molecular complexity index is 469. The van der Waals surface area contributed by atoms with Crippen molar-refractivity contribution in [3.63, 3.8) is 0 Å². The van der Waals surface area contributed by atoms with Gasteiger partial charge >= 0.3 is 0 Å². The minimum atomic E-state index is -0.848. The molecule has 0 aliphatic carbocycles. The van der Waals surface area contributed by atoms with Gasteiger partial charge in [-0.15, -0.1) is 0 Å². The van der Waals surface area contributed by atoms with Crippen LogP contribution in [0.15, 0.2) is 12.1 Å². The van der Waals surface area contributed by atoms with Gasteiger partial charge in [-0.3, -0.25) is 4.79 Å². The molecule has 3 nitrogen and oxygen atoms in total. The second kappa shape index (κ2) is 5.99. The molecule has 1 heterocycles. The smallest absolute Gasteiger partial charge is 0.256 e. The Balaban J connectivity index is 2.20. The summed E-state index contributed by atoms with van der Waals surface area (Å²) in [5.74, 6) is -2.08. The van der Waals surface area contributed by atoms with Gasteiger partial charge in [-0.1, -0.05) is 19.3 Å². The molecule has 1 aliphatic rings. The van der Waals surface area contributed by atoms with E-state index in [1.165, 1.54) is 6.42 Å². The van der Waals surface area contributed by atoms with Crippen molar-refractivity contribution in [1.82, 2.24) is 4.90 Å². The van der Waals surface area contributed by atoms with Gasteiger partial charge in [0.05, 0.1) is 11.3 Å². The summed E-state index contributed by atoms with van der Waals surface area (Å²) >= 11 is 0. The number of likely N-dealkylation sites (tertiary alicyclic amines) is 1. The van der Waals surface area contributed by atoms with E-state index in [-0.39, 0.29) is 11.3 Å². The maximum absolute atomic E-state index is 13.7. The first-order valence-corrected chi connectivity index (χ1v) is 6.63. The van der Waals surface area contributed by atoms with Gasteiger partial charge in [-0.25, -0.2) is 8.78 Å². The van der Waals surface area contributed by atoms with Gasteiger partial charge in [0.1, 0.15) is 11.6 Å². The van der Waals surface area contributed by atoms with Crippen LogP contribution in [-0.4, -0.2) is 23.9 Å².